The molecule has 0 amide bonds. The Morgan fingerprint density at radius 1 is 0.139 bits per heavy atom. The Morgan fingerprint density at radius 3 is 0.269 bits per heavy atom. The summed E-state index contributed by atoms with van der Waals surface area (Å²) in [4.78, 5) is 21.8. The molecule has 14 saturated heterocycles. The zero-order valence-electron chi connectivity index (χ0n) is 75.1. The summed E-state index contributed by atoms with van der Waals surface area (Å²) in [6, 6.07) is 0. The summed E-state index contributed by atoms with van der Waals surface area (Å²) >= 11 is 0. The smallest absolute Gasteiger partial charge is 0.372 e. The molecule has 0 unspecified atom stereocenters. The number of nitrogens with zero attached hydrogens (tertiary/aromatic N) is 8. The molecule has 0 atom stereocenters. The Morgan fingerprint density at radius 2 is 0.204 bits per heavy atom. The van der Waals surface area contributed by atoms with Gasteiger partial charge in [-0.05, 0) is 376 Å². The lowest BCUT2D eigenvalue weighted by Crippen LogP contribution is -2.95. The van der Waals surface area contributed by atoms with Crippen molar-refractivity contribution in [2.45, 2.75) is 464 Å². The Hall–Kier alpha value is 0.935. The average molecular weight is 1650 g/mol. The fourth-order valence-corrected chi connectivity index (χ4v) is 77.3. The van der Waals surface area contributed by atoms with Gasteiger partial charge in [0, 0.05) is 88.6 Å². The highest BCUT2D eigenvalue weighted by atomic mass is 28.6. The molecular formula is C80H160N8O12Si8. The lowest BCUT2D eigenvalue weighted by atomic mass is 9.80. The fraction of sp³-hybridized carbons (Fsp3) is 1.00. The summed E-state index contributed by atoms with van der Waals surface area (Å²) in [7, 11) is -38.7. The Bertz CT molecular complexity index is 2500. The van der Waals surface area contributed by atoms with E-state index in [-0.39, 0.29) is 138 Å². The molecule has 0 aromatic rings. The van der Waals surface area contributed by atoms with Crippen LogP contribution in [0.15, 0.2) is 0 Å². The molecule has 14 rings (SSSR count). The number of hydrogen-bond donors (Lipinski definition) is 0. The average Bonchev–Trinajstić information content (AvgIpc) is 0.672. The molecule has 0 saturated carbocycles. The van der Waals surface area contributed by atoms with Crippen molar-refractivity contribution < 1.29 is 49.4 Å². The van der Waals surface area contributed by atoms with Crippen LogP contribution in [-0.2, 0) is 49.4 Å². The van der Waals surface area contributed by atoms with E-state index in [0.717, 1.165) is 154 Å². The van der Waals surface area contributed by atoms with Gasteiger partial charge >= 0.3 is 70.4 Å². The van der Waals surface area contributed by atoms with Gasteiger partial charge in [0.25, 0.3) is 0 Å². The van der Waals surface area contributed by atoms with Gasteiger partial charge in [0.15, 0.2) is 0 Å². The van der Waals surface area contributed by atoms with E-state index >= 15 is 0 Å². The second-order valence-corrected chi connectivity index (χ2v) is 70.5. The Labute approximate surface area is 668 Å². The minimum Gasteiger partial charge on any atom is -0.372 e. The van der Waals surface area contributed by atoms with Crippen molar-refractivity contribution in [2.24, 2.45) is 0 Å². The van der Waals surface area contributed by atoms with Gasteiger partial charge in [-0.1, -0.05) is 0 Å². The van der Waals surface area contributed by atoms with Gasteiger partial charge in [-0.15, -0.1) is 0 Å². The van der Waals surface area contributed by atoms with Crippen LogP contribution in [0, 0.1) is 0 Å². The van der Waals surface area contributed by atoms with Crippen molar-refractivity contribution >= 4 is 70.4 Å². The highest BCUT2D eigenvalue weighted by molar-refractivity contribution is 7.03. The van der Waals surface area contributed by atoms with Crippen molar-refractivity contribution in [1.29, 1.82) is 0 Å². The zero-order chi connectivity index (χ0) is 79.7. The van der Waals surface area contributed by atoms with E-state index in [1.54, 1.807) is 0 Å². The van der Waals surface area contributed by atoms with E-state index in [0.29, 0.717) is 0 Å². The van der Waals surface area contributed by atoms with Gasteiger partial charge in [-0.3, -0.25) is 39.2 Å². The Kier molecular flexibility index (Phi) is 21.9. The minimum atomic E-state index is -4.84. The van der Waals surface area contributed by atoms with Crippen LogP contribution in [0.3, 0.4) is 0 Å². The SMILES string of the molecule is CC1(C)CCCC(C)(C)N1C[Si]12O[Si]3(CN4C(C)(C)CCCC4(C)C)O[Si]4(CN5C(C)(C)CCCC5(C)C)O[Si](CN5C(C)(C)CCCC5(C)C)(O1)O[Si]1(CN5C(C)(C)CCCC5(C)C)O[Si](CN5C(C)(C)CCCC5(C)C)(O2)O[Si](CN2C(C)(C)CCCC2(C)C)(O3)O[Si](CN2C(C)(C)CCCC2(C)C)(O4)O1. The predicted molar refractivity (Wildman–Crippen MR) is 449 cm³/mol. The molecule has 0 radical (unpaired) electrons. The first-order valence-corrected chi connectivity index (χ1v) is 58.9. The number of piperidine rings is 8. The number of rotatable bonds is 16. The fourth-order valence-electron chi connectivity index (χ4n) is 25.4. The third-order valence-corrected chi connectivity index (χ3v) is 66.3. The second kappa shape index (κ2) is 27.2. The first-order valence-electron chi connectivity index (χ1n) is 43.5. The van der Waals surface area contributed by atoms with Crippen LogP contribution < -0.4 is 0 Å². The van der Waals surface area contributed by atoms with Crippen molar-refractivity contribution in [3.63, 3.8) is 0 Å². The number of hydrogen-bond acceptors (Lipinski definition) is 20. The van der Waals surface area contributed by atoms with Crippen molar-refractivity contribution in [2.75, 3.05) is 49.3 Å². The van der Waals surface area contributed by atoms with E-state index < -0.39 is 70.4 Å². The summed E-state index contributed by atoms with van der Waals surface area (Å²) < 4.78 is 113. The van der Waals surface area contributed by atoms with Crippen molar-refractivity contribution in [3.05, 3.63) is 0 Å². The monoisotopic (exact) mass is 1650 g/mol. The van der Waals surface area contributed by atoms with Crippen LogP contribution in [0.2, 0.25) is 0 Å². The van der Waals surface area contributed by atoms with Crippen molar-refractivity contribution in [1.82, 2.24) is 39.2 Å². The van der Waals surface area contributed by atoms with Crippen LogP contribution in [0.4, 0.5) is 0 Å². The van der Waals surface area contributed by atoms with Gasteiger partial charge in [0.2, 0.25) is 0 Å². The van der Waals surface area contributed by atoms with Crippen LogP contribution in [0.1, 0.15) is 376 Å². The first kappa shape index (κ1) is 86.8. The highest BCUT2D eigenvalue weighted by Gasteiger charge is 2.87. The molecule has 0 spiro atoms. The largest absolute Gasteiger partial charge is 0.493 e. The van der Waals surface area contributed by atoms with Gasteiger partial charge in [0.05, 0.1) is 49.3 Å². The topological polar surface area (TPSA) is 137 Å². The van der Waals surface area contributed by atoms with Crippen LogP contribution in [0.5, 0.6) is 0 Å². The van der Waals surface area contributed by atoms with Crippen LogP contribution in [-0.4, -0.2) is 248 Å². The minimum absolute atomic E-state index is 0.284. The maximum atomic E-state index is 9.44. The van der Waals surface area contributed by atoms with E-state index in [1.165, 1.54) is 0 Å². The molecule has 108 heavy (non-hydrogen) atoms. The summed E-state index contributed by atoms with van der Waals surface area (Å²) in [6.45, 7) is 78.3. The van der Waals surface area contributed by atoms with E-state index in [4.69, 9.17) is 0 Å². The summed E-state index contributed by atoms with van der Waals surface area (Å²) in [5, 5.41) is 0. The number of likely N-dealkylation sites (tertiary alicyclic amines) is 8. The molecule has 14 aliphatic heterocycles. The molecule has 0 aromatic carbocycles. The third-order valence-electron chi connectivity index (χ3n) is 30.9. The van der Waals surface area contributed by atoms with E-state index in [1.807, 2.05) is 0 Å². The molecule has 624 valence electrons. The maximum absolute atomic E-state index is 9.44. The molecule has 0 aliphatic carbocycles. The van der Waals surface area contributed by atoms with E-state index in [9.17, 15) is 49.4 Å². The lowest BCUT2D eigenvalue weighted by Gasteiger charge is -2.68. The third kappa shape index (κ3) is 16.1. The lowest BCUT2D eigenvalue weighted by molar-refractivity contribution is -0.0995. The molecule has 0 aromatic heterocycles. The molecule has 0 N–H and O–H groups in total. The quantitative estimate of drug-likeness (QED) is 0.135. The predicted octanol–water partition coefficient (Wildman–Crippen LogP) is 16.4. The van der Waals surface area contributed by atoms with E-state index in [2.05, 4.69) is 261 Å². The second-order valence-electron chi connectivity index (χ2n) is 47.2. The molecular weight excluding hydrogens is 1490 g/mol. The molecule has 14 aliphatic rings. The van der Waals surface area contributed by atoms with Gasteiger partial charge < -0.3 is 49.4 Å². The Balaban J connectivity index is 1.24. The molecule has 20 nitrogen and oxygen atoms in total. The summed E-state index contributed by atoms with van der Waals surface area (Å²) in [5.74, 6) is 0. The molecule has 14 heterocycles. The standard InChI is InChI=1S/C80H160N8O12Si8/c1-65(2)41-33-42-66(3,4)81(65)57-101-89-102(58-82-67(5,6)43-34-44-68(82,7)8)92-105(61-85-73(17,18)49-37-50-74(85,19)20)94-103(90-101,59-83-69(9,10)45-35-46-70(83,11)12)96-107(63-87-77(25,26)53-39-54-78(87,27)28)97-104(91-101,60-84-71(13,14)47-36-48-72(84,15)16)95-106(93-102,62-86-75(21,22)51-38-52-76(86,23)24)99-108(98-105,100-107)64-88-79(29,30)55-40-56-80(88,31)32/h33-64H2,1-32H3. The highest BCUT2D eigenvalue weighted by Crippen LogP contribution is 2.58. The zero-order valence-corrected chi connectivity index (χ0v) is 83.1. The van der Waals surface area contributed by atoms with Crippen molar-refractivity contribution in [3.8, 4) is 0 Å². The summed E-state index contributed by atoms with van der Waals surface area (Å²) in [6.07, 6.45) is 26.6. The first-order chi connectivity index (χ1) is 48.9. The van der Waals surface area contributed by atoms with Gasteiger partial charge in [-0.25, -0.2) is 0 Å². The normalized spacial score (nSPS) is 42.2. The molecule has 28 heteroatoms. The van der Waals surface area contributed by atoms with Crippen LogP contribution in [0.25, 0.3) is 0 Å². The van der Waals surface area contributed by atoms with Gasteiger partial charge in [-0.2, -0.15) is 0 Å². The van der Waals surface area contributed by atoms with Gasteiger partial charge in [0.1, 0.15) is 0 Å². The maximum Gasteiger partial charge on any atom is 0.493 e. The summed E-state index contributed by atoms with van der Waals surface area (Å²) in [5.41, 5.74) is -5.65. The van der Waals surface area contributed by atoms with Crippen LogP contribution >= 0.6 is 0 Å². The molecule has 14 fully saturated rings. The molecule has 8 bridgehead atoms.